The molecule has 6 nitrogen and oxygen atoms in total. The second-order valence-electron chi connectivity index (χ2n) is 31.5. The van der Waals surface area contributed by atoms with Gasteiger partial charge in [-0.25, -0.2) is 9.97 Å². The summed E-state index contributed by atoms with van der Waals surface area (Å²) >= 11 is 3.81. The van der Waals surface area contributed by atoms with Crippen molar-refractivity contribution < 1.29 is 9.31 Å². The summed E-state index contributed by atoms with van der Waals surface area (Å²) in [5.41, 5.74) is 18.7. The van der Waals surface area contributed by atoms with Crippen LogP contribution in [0.3, 0.4) is 0 Å². The zero-order valence-electron chi connectivity index (χ0n) is 63.6. The van der Waals surface area contributed by atoms with E-state index >= 15 is 0 Å². The molecule has 1 saturated heterocycles. The van der Waals surface area contributed by atoms with E-state index in [1.807, 2.05) is 0 Å². The summed E-state index contributed by atoms with van der Waals surface area (Å²) in [5, 5.41) is 20.2. The molecule has 8 heteroatoms. The van der Waals surface area contributed by atoms with Gasteiger partial charge in [0.25, 0.3) is 0 Å². The van der Waals surface area contributed by atoms with E-state index in [1.165, 1.54) is 142 Å². The molecular formula is C100H88BBrN4O2. The Hall–Kier alpha value is -11.0. The maximum Gasteiger partial charge on any atom is 0.494 e. The normalized spacial score (nSPS) is 13.6. The summed E-state index contributed by atoms with van der Waals surface area (Å²) < 4.78 is 18.2. The van der Waals surface area contributed by atoms with Crippen LogP contribution >= 0.6 is 15.9 Å². The Bertz CT molecular complexity index is 6400. The first-order valence-electron chi connectivity index (χ1n) is 38.3. The number of nitrogens with zero attached hydrogens (tertiary/aromatic N) is 4. The lowest BCUT2D eigenvalue weighted by molar-refractivity contribution is 0.00578. The highest BCUT2D eigenvalue weighted by atomic mass is 79.9. The molecular weight excluding hydrogens is 1380 g/mol. The lowest BCUT2D eigenvalue weighted by atomic mass is 9.77. The van der Waals surface area contributed by atoms with Crippen molar-refractivity contribution in [1.29, 1.82) is 0 Å². The molecule has 0 atom stereocenters. The van der Waals surface area contributed by atoms with Crippen molar-refractivity contribution in [3.63, 3.8) is 0 Å². The largest absolute Gasteiger partial charge is 0.494 e. The maximum absolute atomic E-state index is 6.28. The fraction of sp³-hybridized carbons (Fsp3) is 0.180. The number of hydrogen-bond donors (Lipinski definition) is 0. The van der Waals surface area contributed by atoms with Crippen LogP contribution in [-0.4, -0.2) is 37.4 Å². The summed E-state index contributed by atoms with van der Waals surface area (Å²) in [5.74, 6) is 2.30. The van der Waals surface area contributed by atoms with Crippen LogP contribution in [0, 0.1) is 0 Å². The molecule has 18 aromatic rings. The minimum atomic E-state index is -0.343. The van der Waals surface area contributed by atoms with E-state index in [1.54, 1.807) is 0 Å². The van der Waals surface area contributed by atoms with Gasteiger partial charge in [0.05, 0.1) is 44.6 Å². The number of aromatic nitrogens is 4. The zero-order valence-corrected chi connectivity index (χ0v) is 65.2. The summed E-state index contributed by atoms with van der Waals surface area (Å²) in [6, 6.07) is 106. The molecule has 0 aliphatic carbocycles. The summed E-state index contributed by atoms with van der Waals surface area (Å²) in [7, 11) is -0.343. The number of imidazole rings is 2. The molecule has 16 aromatic carbocycles. The number of halogens is 1. The van der Waals surface area contributed by atoms with Crippen LogP contribution < -0.4 is 5.46 Å². The lowest BCUT2D eigenvalue weighted by Crippen LogP contribution is -2.41. The summed E-state index contributed by atoms with van der Waals surface area (Å²) in [4.78, 5) is 10.4. The molecule has 0 radical (unpaired) electrons. The fourth-order valence-corrected chi connectivity index (χ4v) is 17.1. The van der Waals surface area contributed by atoms with Crippen molar-refractivity contribution in [2.75, 3.05) is 0 Å². The third-order valence-corrected chi connectivity index (χ3v) is 23.4. The first-order chi connectivity index (χ1) is 52.3. The molecule has 2 aromatic heterocycles. The van der Waals surface area contributed by atoms with E-state index in [9.17, 15) is 0 Å². The second kappa shape index (κ2) is 28.0. The minimum Gasteiger partial charge on any atom is -0.399 e. The van der Waals surface area contributed by atoms with Gasteiger partial charge in [0.15, 0.2) is 4.73 Å². The Kier molecular flexibility index (Phi) is 18.1. The van der Waals surface area contributed by atoms with Gasteiger partial charge in [-0.2, -0.15) is 0 Å². The Morgan fingerprint density at radius 1 is 0.296 bits per heavy atom. The molecule has 3 heterocycles. The molecule has 0 saturated carbocycles. The predicted molar refractivity (Wildman–Crippen MR) is 465 cm³/mol. The molecule has 19 rings (SSSR count). The van der Waals surface area contributed by atoms with Crippen molar-refractivity contribution in [2.24, 2.45) is 0 Å². The van der Waals surface area contributed by atoms with Crippen molar-refractivity contribution in [2.45, 2.75) is 118 Å². The van der Waals surface area contributed by atoms with Crippen LogP contribution in [0.4, 0.5) is 0 Å². The van der Waals surface area contributed by atoms with Crippen LogP contribution in [0.5, 0.6) is 0 Å². The summed E-state index contributed by atoms with van der Waals surface area (Å²) in [6.45, 7) is 26.8. The maximum atomic E-state index is 6.28. The summed E-state index contributed by atoms with van der Waals surface area (Å²) in [6.07, 6.45) is 0. The monoisotopic (exact) mass is 1470 g/mol. The molecule has 1 fully saturated rings. The van der Waals surface area contributed by atoms with Crippen LogP contribution in [0.2, 0.25) is 0 Å². The van der Waals surface area contributed by atoms with Gasteiger partial charge in [-0.1, -0.05) is 304 Å². The van der Waals surface area contributed by atoms with Gasteiger partial charge in [0.1, 0.15) is 5.82 Å². The van der Waals surface area contributed by atoms with Crippen molar-refractivity contribution in [3.8, 4) is 45.0 Å². The van der Waals surface area contributed by atoms with Gasteiger partial charge < -0.3 is 9.31 Å². The van der Waals surface area contributed by atoms with Crippen LogP contribution in [0.15, 0.2) is 296 Å². The average Bonchev–Trinajstić information content (AvgIpc) is 1.39. The Labute approximate surface area is 641 Å². The van der Waals surface area contributed by atoms with E-state index in [4.69, 9.17) is 19.3 Å². The van der Waals surface area contributed by atoms with Gasteiger partial charge in [0.2, 0.25) is 0 Å². The third kappa shape index (κ3) is 12.2. The number of fused-ring (bicyclic) bond motifs is 18. The Morgan fingerprint density at radius 3 is 1.03 bits per heavy atom. The number of hydrogen-bond acceptors (Lipinski definition) is 4. The van der Waals surface area contributed by atoms with Crippen molar-refractivity contribution in [3.05, 3.63) is 318 Å². The average molecular weight is 1470 g/mol. The van der Waals surface area contributed by atoms with Crippen LogP contribution in [-0.2, 0) is 9.31 Å². The van der Waals surface area contributed by atoms with Gasteiger partial charge >= 0.3 is 7.12 Å². The van der Waals surface area contributed by atoms with Crippen LogP contribution in [0.1, 0.15) is 129 Å². The molecule has 530 valence electrons. The topological polar surface area (TPSA) is 54.1 Å². The highest BCUT2D eigenvalue weighted by Crippen LogP contribution is 2.46. The molecule has 108 heavy (non-hydrogen) atoms. The smallest absolute Gasteiger partial charge is 0.399 e. The molecule has 0 spiro atoms. The van der Waals surface area contributed by atoms with Gasteiger partial charge in [0, 0.05) is 16.3 Å². The van der Waals surface area contributed by atoms with E-state index in [2.05, 4.69) is 399 Å². The Morgan fingerprint density at radius 2 is 0.620 bits per heavy atom. The van der Waals surface area contributed by atoms with Crippen molar-refractivity contribution in [1.82, 2.24) is 19.1 Å². The van der Waals surface area contributed by atoms with E-state index < -0.39 is 0 Å². The number of rotatable bonds is 10. The van der Waals surface area contributed by atoms with Crippen molar-refractivity contribution >= 4 is 137 Å². The standard InChI is InChI=1S/C47H38N2.C29H27BrN2.C24H23BO2/c1-29(2)41-27-34(31-14-6-5-7-15-31)28-42(30(3)4)45(41)49-46-35-17-9-8-16-32(35)23-25-44(46)48-47(49)33-22-24-40-38-20-11-10-18-36(38)37-19-12-13-21-39(37)43(40)26-33;1-18(2)24-16-22(20-10-6-5-7-11-20)17-25(19(3)4)27(24)32-28-23-13-9-8-12-21(23)14-15-26(28)31-29(32)30;1-23(2)24(3,4)27-25(26-23)16-13-14-21-19-11-6-5-9-17(19)18-10-7-8-12-20(18)22(21)15-16/h5-30H,1-4H3;5-19H,1-4H3;5-15H,1-4H3. The first kappa shape index (κ1) is 70.0. The lowest BCUT2D eigenvalue weighted by Gasteiger charge is -2.32. The molecule has 0 amide bonds. The SMILES string of the molecule is CC(C)c1cc(-c2ccccc2)cc(C(C)C)c1-n1c(-c2ccc3c4ccccc4c4ccccc4c3c2)nc2ccc3ccccc3c21.CC(C)c1cc(-c2ccccc2)cc(C(C)C)c1-n1c(Br)nc2ccc3ccccc3c21.CC1(C)OB(c2ccc3c4ccccc4c4ccccc4c3c2)OC1(C)C. The molecule has 1 aliphatic rings. The molecule has 1 aliphatic heterocycles. The molecule has 0 bridgehead atoms. The highest BCUT2D eigenvalue weighted by molar-refractivity contribution is 9.10. The van der Waals surface area contributed by atoms with Crippen LogP contribution in [0.25, 0.3) is 153 Å². The second-order valence-corrected chi connectivity index (χ2v) is 32.2. The fourth-order valence-electron chi connectivity index (χ4n) is 16.6. The predicted octanol–water partition coefficient (Wildman–Crippen LogP) is 27.5. The number of benzene rings is 16. The third-order valence-electron chi connectivity index (χ3n) is 22.8. The van der Waals surface area contributed by atoms with Gasteiger partial charge in [-0.15, -0.1) is 0 Å². The van der Waals surface area contributed by atoms with E-state index in [0.717, 1.165) is 43.7 Å². The highest BCUT2D eigenvalue weighted by Gasteiger charge is 2.52. The first-order valence-corrected chi connectivity index (χ1v) is 39.1. The Balaban J connectivity index is 0.000000126. The molecule has 0 unspecified atom stereocenters. The van der Waals surface area contributed by atoms with Gasteiger partial charge in [-0.05, 0) is 235 Å². The van der Waals surface area contributed by atoms with E-state index in [-0.39, 0.29) is 18.3 Å². The quantitative estimate of drug-likeness (QED) is 0.101. The van der Waals surface area contributed by atoms with E-state index in [0.29, 0.717) is 23.7 Å². The zero-order chi connectivity index (χ0) is 74.4. The van der Waals surface area contributed by atoms with Gasteiger partial charge in [-0.3, -0.25) is 9.13 Å². The molecule has 0 N–H and O–H groups in total. The minimum absolute atomic E-state index is 0.295.